The van der Waals surface area contributed by atoms with Crippen molar-refractivity contribution in [2.24, 2.45) is 7.05 Å². The molecular formula is C13H13N5O4S. The van der Waals surface area contributed by atoms with Crippen LogP contribution in [-0.2, 0) is 11.8 Å². The standard InChI is InChI=1S/C13H13N5O4S/c1-7(19)8-3-10-11(22-6-21-10)4-9(8)14-12(20)5-23-13-15-16-17-18(13)2/h3-4H,5-6H2,1-2H3,(H,14,20). The fraction of sp³-hybridized carbons (Fsp3) is 0.308. The Bertz CT molecular complexity index is 776. The zero-order valence-electron chi connectivity index (χ0n) is 12.4. The number of carbonyl (C=O) groups is 2. The van der Waals surface area contributed by atoms with Crippen molar-refractivity contribution in [3.05, 3.63) is 17.7 Å². The number of ketones is 1. The van der Waals surface area contributed by atoms with E-state index < -0.39 is 0 Å². The third-order valence-electron chi connectivity index (χ3n) is 3.08. The summed E-state index contributed by atoms with van der Waals surface area (Å²) in [4.78, 5) is 23.9. The molecule has 0 spiro atoms. The average molecular weight is 335 g/mol. The summed E-state index contributed by atoms with van der Waals surface area (Å²) in [5.41, 5.74) is 0.761. The second-order valence-electron chi connectivity index (χ2n) is 4.73. The minimum Gasteiger partial charge on any atom is -0.454 e. The highest BCUT2D eigenvalue weighted by Crippen LogP contribution is 2.37. The van der Waals surface area contributed by atoms with Gasteiger partial charge in [0.15, 0.2) is 17.3 Å². The van der Waals surface area contributed by atoms with Crippen LogP contribution in [0.15, 0.2) is 17.3 Å². The van der Waals surface area contributed by atoms with Crippen molar-refractivity contribution in [1.82, 2.24) is 20.2 Å². The van der Waals surface area contributed by atoms with E-state index in [4.69, 9.17) is 9.47 Å². The molecule has 0 unspecified atom stereocenters. The minimum atomic E-state index is -0.278. The monoisotopic (exact) mass is 335 g/mol. The molecule has 0 fully saturated rings. The Morgan fingerprint density at radius 3 is 2.74 bits per heavy atom. The van der Waals surface area contributed by atoms with Gasteiger partial charge in [-0.1, -0.05) is 11.8 Å². The molecule has 1 aliphatic rings. The number of hydrogen-bond acceptors (Lipinski definition) is 8. The molecule has 1 aliphatic heterocycles. The number of carbonyl (C=O) groups excluding carboxylic acids is 2. The van der Waals surface area contributed by atoms with Crippen LogP contribution < -0.4 is 14.8 Å². The molecule has 3 rings (SSSR count). The van der Waals surface area contributed by atoms with Crippen molar-refractivity contribution in [2.75, 3.05) is 17.9 Å². The highest BCUT2D eigenvalue weighted by atomic mass is 32.2. The maximum atomic E-state index is 12.1. The van der Waals surface area contributed by atoms with Gasteiger partial charge in [-0.3, -0.25) is 9.59 Å². The molecule has 1 aromatic carbocycles. The van der Waals surface area contributed by atoms with Gasteiger partial charge in [0.05, 0.1) is 11.4 Å². The van der Waals surface area contributed by atoms with Crippen LogP contribution in [0.5, 0.6) is 11.5 Å². The van der Waals surface area contributed by atoms with Crippen LogP contribution in [0.1, 0.15) is 17.3 Å². The van der Waals surface area contributed by atoms with E-state index >= 15 is 0 Å². The summed E-state index contributed by atoms with van der Waals surface area (Å²) in [6.07, 6.45) is 0. The number of benzene rings is 1. The number of anilines is 1. The molecule has 1 amide bonds. The lowest BCUT2D eigenvalue weighted by Gasteiger charge is -2.10. The summed E-state index contributed by atoms with van der Waals surface area (Å²) in [6.45, 7) is 1.52. The number of thioether (sulfide) groups is 1. The molecular weight excluding hydrogens is 322 g/mol. The van der Waals surface area contributed by atoms with E-state index in [0.717, 1.165) is 0 Å². The molecule has 0 bridgehead atoms. The summed E-state index contributed by atoms with van der Waals surface area (Å²) >= 11 is 1.19. The lowest BCUT2D eigenvalue weighted by molar-refractivity contribution is -0.113. The molecule has 1 N–H and O–H groups in total. The molecule has 10 heteroatoms. The Kier molecular flexibility index (Phi) is 4.15. The Hall–Kier alpha value is -2.62. The summed E-state index contributed by atoms with van der Waals surface area (Å²) < 4.78 is 12.0. The number of amides is 1. The predicted octanol–water partition coefficient (Wildman–Crippen LogP) is 0.872. The van der Waals surface area contributed by atoms with Crippen LogP contribution in [0.4, 0.5) is 5.69 Å². The number of Topliss-reactive ketones (excluding diaryl/α,β-unsaturated/α-hetero) is 1. The number of fused-ring (bicyclic) bond motifs is 1. The zero-order valence-corrected chi connectivity index (χ0v) is 13.2. The van der Waals surface area contributed by atoms with Crippen LogP contribution in [-0.4, -0.2) is 44.4 Å². The maximum Gasteiger partial charge on any atom is 0.234 e. The molecule has 1 aromatic heterocycles. The van der Waals surface area contributed by atoms with Crippen molar-refractivity contribution in [3.8, 4) is 11.5 Å². The molecule has 2 aromatic rings. The Morgan fingerprint density at radius 1 is 1.35 bits per heavy atom. The smallest absolute Gasteiger partial charge is 0.234 e. The van der Waals surface area contributed by atoms with Gasteiger partial charge in [-0.2, -0.15) is 0 Å². The number of nitrogens with one attached hydrogen (secondary N) is 1. The van der Waals surface area contributed by atoms with Crippen LogP contribution in [0, 0.1) is 0 Å². The predicted molar refractivity (Wildman–Crippen MR) is 80.7 cm³/mol. The first-order valence-corrected chi connectivity index (χ1v) is 7.62. The highest BCUT2D eigenvalue weighted by Gasteiger charge is 2.20. The van der Waals surface area contributed by atoms with Gasteiger partial charge in [-0.05, 0) is 23.4 Å². The number of nitrogens with zero attached hydrogens (tertiary/aromatic N) is 4. The van der Waals surface area contributed by atoms with E-state index in [1.54, 1.807) is 19.2 Å². The lowest BCUT2D eigenvalue weighted by Crippen LogP contribution is -2.16. The Morgan fingerprint density at radius 2 is 2.09 bits per heavy atom. The van der Waals surface area contributed by atoms with E-state index in [9.17, 15) is 9.59 Å². The summed E-state index contributed by atoms with van der Waals surface area (Å²) in [5.74, 6) is 0.645. The van der Waals surface area contributed by atoms with E-state index in [1.165, 1.54) is 23.4 Å². The van der Waals surface area contributed by atoms with Crippen LogP contribution in [0.25, 0.3) is 0 Å². The number of tetrazole rings is 1. The first kappa shape index (κ1) is 15.3. The van der Waals surface area contributed by atoms with Crippen LogP contribution in [0.3, 0.4) is 0 Å². The van der Waals surface area contributed by atoms with Crippen molar-refractivity contribution >= 4 is 29.1 Å². The SMILES string of the molecule is CC(=O)c1cc2c(cc1NC(=O)CSc1nnnn1C)OCO2. The van der Waals surface area contributed by atoms with Gasteiger partial charge in [0, 0.05) is 18.7 Å². The van der Waals surface area contributed by atoms with E-state index in [1.807, 2.05) is 0 Å². The first-order valence-electron chi connectivity index (χ1n) is 6.64. The summed E-state index contributed by atoms with van der Waals surface area (Å²) in [6, 6.07) is 3.16. The van der Waals surface area contributed by atoms with Gasteiger partial charge in [-0.15, -0.1) is 5.10 Å². The van der Waals surface area contributed by atoms with Gasteiger partial charge in [0.1, 0.15) is 0 Å². The van der Waals surface area contributed by atoms with Gasteiger partial charge in [0.25, 0.3) is 0 Å². The van der Waals surface area contributed by atoms with Gasteiger partial charge in [-0.25, -0.2) is 4.68 Å². The van der Waals surface area contributed by atoms with Crippen LogP contribution in [0.2, 0.25) is 0 Å². The average Bonchev–Trinajstić information content (AvgIpc) is 3.12. The molecule has 2 heterocycles. The van der Waals surface area contributed by atoms with E-state index in [0.29, 0.717) is 27.9 Å². The van der Waals surface area contributed by atoms with E-state index in [2.05, 4.69) is 20.8 Å². The summed E-state index contributed by atoms with van der Waals surface area (Å²) in [5, 5.41) is 14.2. The normalized spacial score (nSPS) is 12.3. The highest BCUT2D eigenvalue weighted by molar-refractivity contribution is 7.99. The molecule has 9 nitrogen and oxygen atoms in total. The van der Waals surface area contributed by atoms with Crippen molar-refractivity contribution in [2.45, 2.75) is 12.1 Å². The van der Waals surface area contributed by atoms with Gasteiger partial charge >= 0.3 is 0 Å². The van der Waals surface area contributed by atoms with Crippen molar-refractivity contribution < 1.29 is 19.1 Å². The largest absolute Gasteiger partial charge is 0.454 e. The molecule has 23 heavy (non-hydrogen) atoms. The molecule has 120 valence electrons. The number of aromatic nitrogens is 4. The molecule has 0 aliphatic carbocycles. The molecule has 0 atom stereocenters. The third kappa shape index (κ3) is 3.26. The number of rotatable bonds is 5. The van der Waals surface area contributed by atoms with Gasteiger partial charge < -0.3 is 14.8 Å². The fourth-order valence-corrected chi connectivity index (χ4v) is 2.65. The second-order valence-corrected chi connectivity index (χ2v) is 5.67. The zero-order chi connectivity index (χ0) is 16.4. The van der Waals surface area contributed by atoms with Crippen molar-refractivity contribution in [3.63, 3.8) is 0 Å². The fourth-order valence-electron chi connectivity index (χ4n) is 2.00. The number of aryl methyl sites for hydroxylation is 1. The molecule has 0 saturated heterocycles. The van der Waals surface area contributed by atoms with Crippen LogP contribution >= 0.6 is 11.8 Å². The van der Waals surface area contributed by atoms with Gasteiger partial charge in [0.2, 0.25) is 17.9 Å². The third-order valence-corrected chi connectivity index (χ3v) is 4.09. The quantitative estimate of drug-likeness (QED) is 0.633. The maximum absolute atomic E-state index is 12.1. The Balaban J connectivity index is 1.73. The van der Waals surface area contributed by atoms with E-state index in [-0.39, 0.29) is 24.2 Å². The Labute approximate surface area is 135 Å². The second kappa shape index (κ2) is 6.24. The molecule has 0 radical (unpaired) electrons. The first-order chi connectivity index (χ1) is 11.0. The van der Waals surface area contributed by atoms with Crippen molar-refractivity contribution in [1.29, 1.82) is 0 Å². The minimum absolute atomic E-state index is 0.0963. The number of ether oxygens (including phenoxy) is 2. The lowest BCUT2D eigenvalue weighted by atomic mass is 10.1. The molecule has 0 saturated carbocycles. The number of hydrogen-bond donors (Lipinski definition) is 1. The summed E-state index contributed by atoms with van der Waals surface area (Å²) in [7, 11) is 1.69. The topological polar surface area (TPSA) is 108 Å².